The molecular weight excluding hydrogens is 316 g/mol. The summed E-state index contributed by atoms with van der Waals surface area (Å²) in [6.45, 7) is 0. The third-order valence-electron chi connectivity index (χ3n) is 2.87. The van der Waals surface area contributed by atoms with E-state index in [-0.39, 0.29) is 4.90 Å². The number of benzene rings is 1. The van der Waals surface area contributed by atoms with E-state index in [1.165, 1.54) is 25.6 Å². The molecule has 3 rings (SSSR count). The topological polar surface area (TPSA) is 97.8 Å². The van der Waals surface area contributed by atoms with Crippen LogP contribution < -0.4 is 4.74 Å². The minimum atomic E-state index is -3.82. The Hall–Kier alpha value is -2.19. The molecule has 0 aliphatic rings. The molecule has 3 aromatic rings. The van der Waals surface area contributed by atoms with Crippen molar-refractivity contribution >= 4 is 30.9 Å². The highest BCUT2D eigenvalue weighted by atomic mass is 35.7. The average Bonchev–Trinajstić information content (AvgIpc) is 2.89. The fourth-order valence-electron chi connectivity index (χ4n) is 1.91. The zero-order valence-corrected chi connectivity index (χ0v) is 12.3. The Morgan fingerprint density at radius 3 is 2.81 bits per heavy atom. The molecule has 21 heavy (non-hydrogen) atoms. The number of methoxy groups -OCH3 is 1. The first-order valence-electron chi connectivity index (χ1n) is 5.78. The highest BCUT2D eigenvalue weighted by Crippen LogP contribution is 2.32. The second kappa shape index (κ2) is 4.97. The number of H-pyrrole nitrogens is 1. The van der Waals surface area contributed by atoms with E-state index in [4.69, 9.17) is 15.4 Å². The van der Waals surface area contributed by atoms with Gasteiger partial charge >= 0.3 is 0 Å². The molecule has 0 spiro atoms. The van der Waals surface area contributed by atoms with E-state index in [2.05, 4.69) is 19.9 Å². The van der Waals surface area contributed by atoms with Crippen LogP contribution in [0.15, 0.2) is 35.6 Å². The number of halogens is 1. The van der Waals surface area contributed by atoms with Crippen molar-refractivity contribution in [2.24, 2.45) is 0 Å². The lowest BCUT2D eigenvalue weighted by molar-refractivity contribution is 0.415. The predicted molar refractivity (Wildman–Crippen MR) is 76.7 cm³/mol. The lowest BCUT2D eigenvalue weighted by atomic mass is 10.2. The van der Waals surface area contributed by atoms with E-state index in [1.807, 2.05) is 0 Å². The lowest BCUT2D eigenvalue weighted by Gasteiger charge is -2.07. The van der Waals surface area contributed by atoms with Gasteiger partial charge in [-0.1, -0.05) is 0 Å². The Morgan fingerprint density at radius 1 is 1.33 bits per heavy atom. The normalized spacial score (nSPS) is 11.7. The minimum Gasteiger partial charge on any atom is -0.496 e. The van der Waals surface area contributed by atoms with Crippen LogP contribution in [0.25, 0.3) is 22.6 Å². The first-order chi connectivity index (χ1) is 9.99. The molecule has 0 unspecified atom stereocenters. The summed E-state index contributed by atoms with van der Waals surface area (Å²) in [7, 11) is 2.94. The average molecular weight is 325 g/mol. The number of nitrogens with zero attached hydrogens (tertiary/aromatic N) is 3. The van der Waals surface area contributed by atoms with E-state index >= 15 is 0 Å². The van der Waals surface area contributed by atoms with Gasteiger partial charge in [0, 0.05) is 16.7 Å². The maximum absolute atomic E-state index is 11.4. The van der Waals surface area contributed by atoms with Crippen LogP contribution in [-0.4, -0.2) is 35.5 Å². The zero-order chi connectivity index (χ0) is 15.0. The maximum Gasteiger partial charge on any atom is 0.261 e. The van der Waals surface area contributed by atoms with Crippen molar-refractivity contribution in [3.05, 3.63) is 30.7 Å². The zero-order valence-electron chi connectivity index (χ0n) is 10.7. The number of hydrogen-bond donors (Lipinski definition) is 1. The van der Waals surface area contributed by atoms with Crippen LogP contribution in [0, 0.1) is 0 Å². The number of ether oxygens (including phenoxy) is 1. The standard InChI is InChI=1S/C12H9ClN4O3S/c1-20-10-4-7(21(13,18)19)2-3-8(10)11-16-9-5-14-6-15-12(9)17-11/h2-6H,1H3,(H,14,15,16,17). The summed E-state index contributed by atoms with van der Waals surface area (Å²) < 4.78 is 27.9. The van der Waals surface area contributed by atoms with Crippen molar-refractivity contribution in [2.45, 2.75) is 4.90 Å². The molecule has 108 valence electrons. The summed E-state index contributed by atoms with van der Waals surface area (Å²) >= 11 is 0. The molecule has 0 fully saturated rings. The lowest BCUT2D eigenvalue weighted by Crippen LogP contribution is -1.95. The highest BCUT2D eigenvalue weighted by Gasteiger charge is 2.16. The fourth-order valence-corrected chi connectivity index (χ4v) is 2.67. The van der Waals surface area contributed by atoms with Crippen molar-refractivity contribution in [1.82, 2.24) is 19.9 Å². The molecule has 0 saturated heterocycles. The Kier molecular flexibility index (Phi) is 3.26. The van der Waals surface area contributed by atoms with Crippen molar-refractivity contribution < 1.29 is 13.2 Å². The molecule has 1 aromatic carbocycles. The summed E-state index contributed by atoms with van der Waals surface area (Å²) in [6.07, 6.45) is 3.00. The third kappa shape index (κ3) is 2.55. The van der Waals surface area contributed by atoms with Crippen LogP contribution in [0.1, 0.15) is 0 Å². The number of aromatic nitrogens is 4. The van der Waals surface area contributed by atoms with Crippen LogP contribution >= 0.6 is 10.7 Å². The Morgan fingerprint density at radius 2 is 2.14 bits per heavy atom. The van der Waals surface area contributed by atoms with E-state index < -0.39 is 9.05 Å². The second-order valence-corrected chi connectivity index (χ2v) is 6.71. The molecule has 0 amide bonds. The van der Waals surface area contributed by atoms with E-state index in [0.717, 1.165) is 0 Å². The summed E-state index contributed by atoms with van der Waals surface area (Å²) in [5.74, 6) is 0.838. The van der Waals surface area contributed by atoms with Gasteiger partial charge in [-0.3, -0.25) is 0 Å². The Balaban J connectivity index is 2.17. The molecule has 2 aromatic heterocycles. The van der Waals surface area contributed by atoms with Gasteiger partial charge in [0.2, 0.25) is 0 Å². The quantitative estimate of drug-likeness (QED) is 0.739. The molecule has 0 bridgehead atoms. The SMILES string of the molecule is COc1cc(S(=O)(=O)Cl)ccc1-c1nc2ncncc2[nH]1. The minimum absolute atomic E-state index is 0.0410. The number of hydrogen-bond acceptors (Lipinski definition) is 6. The van der Waals surface area contributed by atoms with Crippen molar-refractivity contribution in [1.29, 1.82) is 0 Å². The fraction of sp³-hybridized carbons (Fsp3) is 0.0833. The summed E-state index contributed by atoms with van der Waals surface area (Å²) in [4.78, 5) is 15.2. The molecule has 0 saturated carbocycles. The molecule has 1 N–H and O–H groups in total. The number of imidazole rings is 1. The monoisotopic (exact) mass is 324 g/mol. The van der Waals surface area contributed by atoms with E-state index in [0.29, 0.717) is 28.3 Å². The van der Waals surface area contributed by atoms with Gasteiger partial charge in [0.05, 0.1) is 23.8 Å². The molecule has 0 aliphatic carbocycles. The summed E-state index contributed by atoms with van der Waals surface area (Å²) in [5.41, 5.74) is 1.78. The van der Waals surface area contributed by atoms with Gasteiger partial charge in [0.1, 0.15) is 23.4 Å². The third-order valence-corrected chi connectivity index (χ3v) is 4.22. The van der Waals surface area contributed by atoms with Crippen LogP contribution in [0.3, 0.4) is 0 Å². The number of nitrogens with one attached hydrogen (secondary N) is 1. The van der Waals surface area contributed by atoms with Crippen molar-refractivity contribution in [2.75, 3.05) is 7.11 Å². The van der Waals surface area contributed by atoms with Crippen molar-refractivity contribution in [3.8, 4) is 17.1 Å². The van der Waals surface area contributed by atoms with Crippen molar-refractivity contribution in [3.63, 3.8) is 0 Å². The second-order valence-electron chi connectivity index (χ2n) is 4.15. The predicted octanol–water partition coefficient (Wildman–Crippen LogP) is 1.96. The Bertz CT molecular complexity index is 890. The number of aromatic amines is 1. The first kappa shape index (κ1) is 13.8. The van der Waals surface area contributed by atoms with Gasteiger partial charge in [-0.2, -0.15) is 0 Å². The smallest absolute Gasteiger partial charge is 0.261 e. The largest absolute Gasteiger partial charge is 0.496 e. The Labute approximate surface area is 124 Å². The molecule has 0 atom stereocenters. The maximum atomic E-state index is 11.4. The number of rotatable bonds is 3. The molecule has 9 heteroatoms. The van der Waals surface area contributed by atoms with Gasteiger partial charge < -0.3 is 9.72 Å². The molecule has 0 radical (unpaired) electrons. The van der Waals surface area contributed by atoms with Gasteiger partial charge in [0.15, 0.2) is 5.65 Å². The van der Waals surface area contributed by atoms with Crippen LogP contribution in [0.5, 0.6) is 5.75 Å². The number of fused-ring (bicyclic) bond motifs is 1. The molecule has 7 nitrogen and oxygen atoms in total. The molecule has 2 heterocycles. The molecule has 0 aliphatic heterocycles. The van der Waals surface area contributed by atoms with E-state index in [1.54, 1.807) is 12.3 Å². The van der Waals surface area contributed by atoms with Gasteiger partial charge in [-0.25, -0.2) is 23.4 Å². The summed E-state index contributed by atoms with van der Waals surface area (Å²) in [5, 5.41) is 0. The van der Waals surface area contributed by atoms with Crippen LogP contribution in [0.4, 0.5) is 0 Å². The summed E-state index contributed by atoms with van der Waals surface area (Å²) in [6, 6.07) is 4.30. The molecular formula is C12H9ClN4O3S. The highest BCUT2D eigenvalue weighted by molar-refractivity contribution is 8.13. The van der Waals surface area contributed by atoms with Crippen LogP contribution in [0.2, 0.25) is 0 Å². The van der Waals surface area contributed by atoms with Crippen LogP contribution in [-0.2, 0) is 9.05 Å². The van der Waals surface area contributed by atoms with Gasteiger partial charge in [0.25, 0.3) is 9.05 Å². The van der Waals surface area contributed by atoms with E-state index in [9.17, 15) is 8.42 Å². The van der Waals surface area contributed by atoms with Gasteiger partial charge in [-0.15, -0.1) is 0 Å². The van der Waals surface area contributed by atoms with Gasteiger partial charge in [-0.05, 0) is 12.1 Å². The first-order valence-corrected chi connectivity index (χ1v) is 8.09.